The summed E-state index contributed by atoms with van der Waals surface area (Å²) in [6.45, 7) is 8.34. The van der Waals surface area contributed by atoms with E-state index in [1.54, 1.807) is 0 Å². The average molecular weight is 252 g/mol. The minimum atomic E-state index is 0.00428. The fraction of sp³-hybridized carbons (Fsp3) is 0.692. The largest absolute Gasteiger partial charge is 0.394 e. The standard InChI is InChI=1S/C13H24N4O/c1-8(2)10(7-18)15-12-6-11(14-5)16-13(17-12)9(3)4/h6,8-10,18H,7H2,1-5H3,(H2,14,15,16,17)/t10-/m1/s1. The lowest BCUT2D eigenvalue weighted by atomic mass is 10.1. The Labute approximate surface area is 109 Å². The molecule has 0 saturated carbocycles. The van der Waals surface area contributed by atoms with Gasteiger partial charge in [-0.05, 0) is 5.92 Å². The van der Waals surface area contributed by atoms with Crippen LogP contribution in [0.15, 0.2) is 6.07 Å². The lowest BCUT2D eigenvalue weighted by Crippen LogP contribution is -2.30. The molecule has 1 atom stereocenters. The molecule has 1 aromatic rings. The molecule has 18 heavy (non-hydrogen) atoms. The Kier molecular flexibility index (Phi) is 5.34. The van der Waals surface area contributed by atoms with Crippen molar-refractivity contribution < 1.29 is 5.11 Å². The molecule has 0 aliphatic heterocycles. The number of aliphatic hydroxyl groups is 1. The molecule has 0 saturated heterocycles. The van der Waals surface area contributed by atoms with Gasteiger partial charge >= 0.3 is 0 Å². The van der Waals surface area contributed by atoms with Crippen LogP contribution in [0.1, 0.15) is 39.4 Å². The van der Waals surface area contributed by atoms with E-state index in [0.717, 1.165) is 17.5 Å². The molecule has 5 heteroatoms. The number of rotatable bonds is 6. The Hall–Kier alpha value is -1.36. The van der Waals surface area contributed by atoms with Gasteiger partial charge in [0.1, 0.15) is 17.5 Å². The maximum Gasteiger partial charge on any atom is 0.135 e. The number of aromatic nitrogens is 2. The molecule has 0 radical (unpaired) electrons. The van der Waals surface area contributed by atoms with Crippen molar-refractivity contribution in [2.45, 2.75) is 39.7 Å². The van der Waals surface area contributed by atoms with Crippen molar-refractivity contribution in [3.05, 3.63) is 11.9 Å². The van der Waals surface area contributed by atoms with E-state index in [9.17, 15) is 5.11 Å². The van der Waals surface area contributed by atoms with Crippen molar-refractivity contribution >= 4 is 11.6 Å². The highest BCUT2D eigenvalue weighted by atomic mass is 16.3. The second kappa shape index (κ2) is 6.54. The highest BCUT2D eigenvalue weighted by Crippen LogP contribution is 2.18. The van der Waals surface area contributed by atoms with Crippen LogP contribution in [0.2, 0.25) is 0 Å². The van der Waals surface area contributed by atoms with Gasteiger partial charge in [-0.15, -0.1) is 0 Å². The van der Waals surface area contributed by atoms with Crippen LogP contribution in [0.3, 0.4) is 0 Å². The van der Waals surface area contributed by atoms with Gasteiger partial charge in [-0.1, -0.05) is 27.7 Å². The molecule has 0 fully saturated rings. The number of nitrogens with zero attached hydrogens (tertiary/aromatic N) is 2. The molecule has 5 nitrogen and oxygen atoms in total. The SMILES string of the molecule is CNc1cc(N[C@H](CO)C(C)C)nc(C(C)C)n1. The first-order valence-corrected chi connectivity index (χ1v) is 6.42. The van der Waals surface area contributed by atoms with Crippen molar-refractivity contribution in [1.29, 1.82) is 0 Å². The third kappa shape index (κ3) is 3.84. The lowest BCUT2D eigenvalue weighted by molar-refractivity contribution is 0.249. The Morgan fingerprint density at radius 3 is 2.22 bits per heavy atom. The van der Waals surface area contributed by atoms with Gasteiger partial charge < -0.3 is 15.7 Å². The molecule has 0 bridgehead atoms. The lowest BCUT2D eigenvalue weighted by Gasteiger charge is -2.21. The zero-order valence-corrected chi connectivity index (χ0v) is 11.9. The summed E-state index contributed by atoms with van der Waals surface area (Å²) in [5.41, 5.74) is 0. The molecule has 0 unspecified atom stereocenters. The van der Waals surface area contributed by atoms with Gasteiger partial charge in [-0.2, -0.15) is 0 Å². The topological polar surface area (TPSA) is 70.1 Å². The van der Waals surface area contributed by atoms with Crippen molar-refractivity contribution in [3.63, 3.8) is 0 Å². The van der Waals surface area contributed by atoms with Crippen LogP contribution < -0.4 is 10.6 Å². The van der Waals surface area contributed by atoms with Crippen molar-refractivity contribution in [2.24, 2.45) is 5.92 Å². The van der Waals surface area contributed by atoms with Gasteiger partial charge in [-0.3, -0.25) is 0 Å². The molecular weight excluding hydrogens is 228 g/mol. The first-order valence-electron chi connectivity index (χ1n) is 6.42. The minimum Gasteiger partial charge on any atom is -0.394 e. The van der Waals surface area contributed by atoms with E-state index in [4.69, 9.17) is 0 Å². The number of anilines is 2. The summed E-state index contributed by atoms with van der Waals surface area (Å²) in [4.78, 5) is 8.88. The summed E-state index contributed by atoms with van der Waals surface area (Å²) in [6.07, 6.45) is 0. The van der Waals surface area contributed by atoms with Crippen molar-refractivity contribution in [2.75, 3.05) is 24.3 Å². The van der Waals surface area contributed by atoms with Crippen molar-refractivity contribution in [1.82, 2.24) is 9.97 Å². The summed E-state index contributed by atoms with van der Waals surface area (Å²) < 4.78 is 0. The summed E-state index contributed by atoms with van der Waals surface area (Å²) in [5, 5.41) is 15.6. The second-order valence-corrected chi connectivity index (χ2v) is 5.08. The molecule has 0 spiro atoms. The zero-order chi connectivity index (χ0) is 13.7. The minimum absolute atomic E-state index is 0.00428. The Bertz CT molecular complexity index is 379. The van der Waals surface area contributed by atoms with E-state index < -0.39 is 0 Å². The van der Waals surface area contributed by atoms with Crippen LogP contribution in [-0.4, -0.2) is 34.8 Å². The Balaban J connectivity index is 2.97. The maximum absolute atomic E-state index is 9.34. The number of hydrogen-bond donors (Lipinski definition) is 3. The van der Waals surface area contributed by atoms with E-state index >= 15 is 0 Å². The van der Waals surface area contributed by atoms with Crippen LogP contribution in [-0.2, 0) is 0 Å². The zero-order valence-electron chi connectivity index (χ0n) is 11.9. The Morgan fingerprint density at radius 1 is 1.17 bits per heavy atom. The van der Waals surface area contributed by atoms with E-state index in [1.807, 2.05) is 13.1 Å². The summed E-state index contributed by atoms with van der Waals surface area (Å²) in [6, 6.07) is 1.86. The molecule has 0 amide bonds. The second-order valence-electron chi connectivity index (χ2n) is 5.08. The molecule has 0 aromatic carbocycles. The van der Waals surface area contributed by atoms with Crippen LogP contribution in [0.5, 0.6) is 0 Å². The predicted octanol–water partition coefficient (Wildman–Crippen LogP) is 2.07. The van der Waals surface area contributed by atoms with Gasteiger partial charge in [0, 0.05) is 19.0 Å². The normalized spacial score (nSPS) is 12.9. The summed E-state index contributed by atoms with van der Waals surface area (Å²) in [7, 11) is 1.84. The van der Waals surface area contributed by atoms with E-state index in [2.05, 4.69) is 48.3 Å². The molecule has 0 aliphatic carbocycles. The first kappa shape index (κ1) is 14.7. The molecular formula is C13H24N4O. The van der Waals surface area contributed by atoms with Crippen molar-refractivity contribution in [3.8, 4) is 0 Å². The third-order valence-corrected chi connectivity index (χ3v) is 2.85. The van der Waals surface area contributed by atoms with Gasteiger partial charge in [0.2, 0.25) is 0 Å². The van der Waals surface area contributed by atoms with E-state index in [1.165, 1.54) is 0 Å². The van der Waals surface area contributed by atoms with Gasteiger partial charge in [0.15, 0.2) is 0 Å². The highest BCUT2D eigenvalue weighted by Gasteiger charge is 2.14. The predicted molar refractivity (Wildman–Crippen MR) is 75.0 cm³/mol. The molecule has 1 aromatic heterocycles. The number of aliphatic hydroxyl groups excluding tert-OH is 1. The highest BCUT2D eigenvalue weighted by molar-refractivity contribution is 5.48. The molecule has 102 valence electrons. The molecule has 3 N–H and O–H groups in total. The maximum atomic E-state index is 9.34. The molecule has 1 rings (SSSR count). The van der Waals surface area contributed by atoms with E-state index in [0.29, 0.717) is 5.92 Å². The Morgan fingerprint density at radius 2 is 1.78 bits per heavy atom. The van der Waals surface area contributed by atoms with Gasteiger partial charge in [-0.25, -0.2) is 9.97 Å². The average Bonchev–Trinajstić information content (AvgIpc) is 2.34. The third-order valence-electron chi connectivity index (χ3n) is 2.85. The van der Waals surface area contributed by atoms with Crippen LogP contribution in [0.25, 0.3) is 0 Å². The van der Waals surface area contributed by atoms with E-state index in [-0.39, 0.29) is 18.6 Å². The smallest absolute Gasteiger partial charge is 0.135 e. The number of nitrogens with one attached hydrogen (secondary N) is 2. The monoisotopic (exact) mass is 252 g/mol. The molecule has 0 aliphatic rings. The van der Waals surface area contributed by atoms with Crippen LogP contribution >= 0.6 is 0 Å². The van der Waals surface area contributed by atoms with Crippen LogP contribution in [0, 0.1) is 5.92 Å². The van der Waals surface area contributed by atoms with Gasteiger partial charge in [0.05, 0.1) is 12.6 Å². The van der Waals surface area contributed by atoms with Gasteiger partial charge in [0.25, 0.3) is 0 Å². The number of hydrogen-bond acceptors (Lipinski definition) is 5. The fourth-order valence-corrected chi connectivity index (χ4v) is 1.54. The summed E-state index contributed by atoms with van der Waals surface area (Å²) in [5.74, 6) is 2.95. The fourth-order valence-electron chi connectivity index (χ4n) is 1.54. The summed E-state index contributed by atoms with van der Waals surface area (Å²) >= 11 is 0. The molecule has 1 heterocycles. The first-order chi connectivity index (χ1) is 8.47. The quantitative estimate of drug-likeness (QED) is 0.723. The van der Waals surface area contributed by atoms with Crippen LogP contribution in [0.4, 0.5) is 11.6 Å².